The predicted octanol–water partition coefficient (Wildman–Crippen LogP) is 3.46. The molecule has 0 fully saturated rings. The molecule has 1 atom stereocenters. The van der Waals surface area contributed by atoms with Crippen LogP contribution in [-0.2, 0) is 4.74 Å². The second-order valence-corrected chi connectivity index (χ2v) is 5.70. The van der Waals surface area contributed by atoms with Crippen LogP contribution in [0.4, 0.5) is 15.8 Å². The molecule has 0 bridgehead atoms. The third-order valence-corrected chi connectivity index (χ3v) is 3.47. The van der Waals surface area contributed by atoms with E-state index in [9.17, 15) is 9.18 Å². The highest BCUT2D eigenvalue weighted by Gasteiger charge is 2.20. The largest absolute Gasteiger partial charge is 0.462 e. The van der Waals surface area contributed by atoms with Gasteiger partial charge in [-0.05, 0) is 38.3 Å². The van der Waals surface area contributed by atoms with Crippen molar-refractivity contribution in [3.8, 4) is 0 Å². The van der Waals surface area contributed by atoms with Gasteiger partial charge < -0.3 is 15.4 Å². The lowest BCUT2D eigenvalue weighted by atomic mass is 10.0. The third-order valence-electron chi connectivity index (χ3n) is 3.47. The summed E-state index contributed by atoms with van der Waals surface area (Å²) in [6, 6.07) is 2.80. The highest BCUT2D eigenvalue weighted by atomic mass is 19.1. The normalized spacial score (nSPS) is 12.3. The molecule has 2 N–H and O–H groups in total. The van der Waals surface area contributed by atoms with E-state index in [4.69, 9.17) is 10.5 Å². The first-order valence-electron chi connectivity index (χ1n) is 7.26. The first-order valence-corrected chi connectivity index (χ1v) is 7.26. The van der Waals surface area contributed by atoms with Crippen molar-refractivity contribution in [1.82, 2.24) is 0 Å². The van der Waals surface area contributed by atoms with E-state index in [1.807, 2.05) is 18.9 Å². The number of halogens is 1. The molecule has 0 amide bonds. The lowest BCUT2D eigenvalue weighted by Gasteiger charge is -2.29. The molecule has 0 spiro atoms. The van der Waals surface area contributed by atoms with E-state index in [1.54, 1.807) is 6.92 Å². The van der Waals surface area contributed by atoms with Gasteiger partial charge in [0, 0.05) is 18.8 Å². The summed E-state index contributed by atoms with van der Waals surface area (Å²) in [4.78, 5) is 13.7. The number of ether oxygens (including phenoxy) is 1. The van der Waals surface area contributed by atoms with Crippen LogP contribution < -0.4 is 10.6 Å². The Hall–Kier alpha value is -1.78. The van der Waals surface area contributed by atoms with Crippen molar-refractivity contribution in [2.45, 2.75) is 40.2 Å². The highest BCUT2D eigenvalue weighted by molar-refractivity contribution is 5.96. The van der Waals surface area contributed by atoms with E-state index >= 15 is 0 Å². The van der Waals surface area contributed by atoms with Crippen LogP contribution in [0.3, 0.4) is 0 Å². The van der Waals surface area contributed by atoms with Gasteiger partial charge in [-0.1, -0.05) is 13.8 Å². The van der Waals surface area contributed by atoms with Crippen molar-refractivity contribution in [2.75, 3.05) is 24.3 Å². The van der Waals surface area contributed by atoms with Gasteiger partial charge in [-0.15, -0.1) is 0 Å². The first-order chi connectivity index (χ1) is 9.77. The molecule has 1 aromatic carbocycles. The number of anilines is 2. The summed E-state index contributed by atoms with van der Waals surface area (Å²) in [7, 11) is 1.82. The van der Waals surface area contributed by atoms with Crippen molar-refractivity contribution >= 4 is 17.3 Å². The average Bonchev–Trinajstić information content (AvgIpc) is 2.37. The number of rotatable bonds is 6. The highest BCUT2D eigenvalue weighted by Crippen LogP contribution is 2.28. The van der Waals surface area contributed by atoms with E-state index < -0.39 is 11.8 Å². The smallest absolute Gasteiger partial charge is 0.340 e. The Balaban J connectivity index is 3.12. The summed E-state index contributed by atoms with van der Waals surface area (Å²) >= 11 is 0. The number of carbonyl (C=O) groups is 1. The van der Waals surface area contributed by atoms with E-state index in [0.717, 1.165) is 6.42 Å². The maximum absolute atomic E-state index is 14.2. The summed E-state index contributed by atoms with van der Waals surface area (Å²) < 4.78 is 19.1. The van der Waals surface area contributed by atoms with Gasteiger partial charge in [0.1, 0.15) is 5.82 Å². The lowest BCUT2D eigenvalue weighted by Crippen LogP contribution is -2.31. The Morgan fingerprint density at radius 1 is 1.38 bits per heavy atom. The summed E-state index contributed by atoms with van der Waals surface area (Å²) in [5.41, 5.74) is 6.38. The van der Waals surface area contributed by atoms with Crippen LogP contribution in [0, 0.1) is 11.7 Å². The SMILES string of the molecule is CCOC(=O)c1cc(N(C)C(C)CC(C)C)c(F)cc1N. The molecule has 118 valence electrons. The van der Waals surface area contributed by atoms with Crippen molar-refractivity contribution in [3.63, 3.8) is 0 Å². The van der Waals surface area contributed by atoms with Gasteiger partial charge in [0.05, 0.1) is 17.9 Å². The van der Waals surface area contributed by atoms with Crippen molar-refractivity contribution < 1.29 is 13.9 Å². The second kappa shape index (κ2) is 7.29. The molecule has 4 nitrogen and oxygen atoms in total. The topological polar surface area (TPSA) is 55.6 Å². The first kappa shape index (κ1) is 17.3. The fraction of sp³-hybridized carbons (Fsp3) is 0.562. The number of hydrogen-bond donors (Lipinski definition) is 1. The van der Waals surface area contributed by atoms with Gasteiger partial charge in [0.15, 0.2) is 0 Å². The van der Waals surface area contributed by atoms with Crippen LogP contribution in [0.2, 0.25) is 0 Å². The van der Waals surface area contributed by atoms with Crippen LogP contribution in [0.5, 0.6) is 0 Å². The van der Waals surface area contributed by atoms with Crippen molar-refractivity contribution in [2.24, 2.45) is 5.92 Å². The molecule has 0 aliphatic carbocycles. The minimum atomic E-state index is -0.527. The summed E-state index contributed by atoms with van der Waals surface area (Å²) in [6.45, 7) is 8.24. The number of benzene rings is 1. The summed E-state index contributed by atoms with van der Waals surface area (Å²) in [5, 5.41) is 0. The molecule has 21 heavy (non-hydrogen) atoms. The molecule has 0 saturated carbocycles. The fourth-order valence-electron chi connectivity index (χ4n) is 2.31. The van der Waals surface area contributed by atoms with Crippen molar-refractivity contribution in [1.29, 1.82) is 0 Å². The average molecular weight is 296 g/mol. The van der Waals surface area contributed by atoms with Gasteiger partial charge >= 0.3 is 5.97 Å². The molecular weight excluding hydrogens is 271 g/mol. The Morgan fingerprint density at radius 2 is 2.00 bits per heavy atom. The van der Waals surface area contributed by atoms with Crippen LogP contribution in [0.15, 0.2) is 12.1 Å². The van der Waals surface area contributed by atoms with Gasteiger partial charge in [0.2, 0.25) is 0 Å². The number of nitrogen functional groups attached to an aromatic ring is 1. The Labute approximate surface area is 126 Å². The van der Waals surface area contributed by atoms with Gasteiger partial charge in [-0.2, -0.15) is 0 Å². The van der Waals surface area contributed by atoms with Gasteiger partial charge in [0.25, 0.3) is 0 Å². The Morgan fingerprint density at radius 3 is 2.52 bits per heavy atom. The molecule has 0 aliphatic heterocycles. The number of nitrogens with two attached hydrogens (primary N) is 1. The van der Waals surface area contributed by atoms with E-state index in [2.05, 4.69) is 13.8 Å². The molecule has 1 unspecified atom stereocenters. The van der Waals surface area contributed by atoms with Crippen LogP contribution in [0.1, 0.15) is 44.5 Å². The quantitative estimate of drug-likeness (QED) is 0.645. The molecule has 0 saturated heterocycles. The molecule has 0 aliphatic rings. The predicted molar refractivity (Wildman–Crippen MR) is 84.1 cm³/mol. The fourth-order valence-corrected chi connectivity index (χ4v) is 2.31. The number of nitrogens with zero attached hydrogens (tertiary/aromatic N) is 1. The molecular formula is C16H25FN2O2. The molecule has 0 heterocycles. The minimum Gasteiger partial charge on any atom is -0.462 e. The maximum atomic E-state index is 14.2. The summed E-state index contributed by atoms with van der Waals surface area (Å²) in [6.07, 6.45) is 0.926. The summed E-state index contributed by atoms with van der Waals surface area (Å²) in [5.74, 6) is -0.455. The number of hydrogen-bond acceptors (Lipinski definition) is 4. The zero-order chi connectivity index (χ0) is 16.2. The molecule has 1 aromatic rings. The van der Waals surface area contributed by atoms with Gasteiger partial charge in [-0.25, -0.2) is 9.18 Å². The Bertz CT molecular complexity index is 503. The van der Waals surface area contributed by atoms with Gasteiger partial charge in [-0.3, -0.25) is 0 Å². The monoisotopic (exact) mass is 296 g/mol. The molecule has 0 aromatic heterocycles. The molecule has 1 rings (SSSR count). The Kier molecular flexibility index (Phi) is 6.00. The van der Waals surface area contributed by atoms with E-state index in [1.165, 1.54) is 12.1 Å². The molecule has 5 heteroatoms. The maximum Gasteiger partial charge on any atom is 0.340 e. The zero-order valence-corrected chi connectivity index (χ0v) is 13.4. The number of esters is 1. The van der Waals surface area contributed by atoms with Crippen LogP contribution in [-0.4, -0.2) is 25.7 Å². The lowest BCUT2D eigenvalue weighted by molar-refractivity contribution is 0.0527. The third kappa shape index (κ3) is 4.34. The molecule has 0 radical (unpaired) electrons. The standard InChI is InChI=1S/C16H25FN2O2/c1-6-21-16(20)12-8-15(13(17)9-14(12)18)19(5)11(4)7-10(2)3/h8-11H,6-7,18H2,1-5H3. The minimum absolute atomic E-state index is 0.0969. The second-order valence-electron chi connectivity index (χ2n) is 5.70. The van der Waals surface area contributed by atoms with E-state index in [0.29, 0.717) is 11.6 Å². The zero-order valence-electron chi connectivity index (χ0n) is 13.4. The number of carbonyl (C=O) groups excluding carboxylic acids is 1. The van der Waals surface area contributed by atoms with Crippen LogP contribution >= 0.6 is 0 Å². The van der Waals surface area contributed by atoms with Crippen molar-refractivity contribution in [3.05, 3.63) is 23.5 Å². The van der Waals surface area contributed by atoms with Crippen LogP contribution in [0.25, 0.3) is 0 Å². The van der Waals surface area contributed by atoms with E-state index in [-0.39, 0.29) is 23.9 Å².